The quantitative estimate of drug-likeness (QED) is 0.847. The Kier molecular flexibility index (Phi) is 4.68. The predicted molar refractivity (Wildman–Crippen MR) is 71.0 cm³/mol. The van der Waals surface area contributed by atoms with Gasteiger partial charge in [-0.1, -0.05) is 39.8 Å². The Labute approximate surface area is 113 Å². The first-order chi connectivity index (χ1) is 8.62. The monoisotopic (exact) mass is 269 g/mol. The smallest absolute Gasteiger partial charge is 0.358 e. The van der Waals surface area contributed by atoms with Gasteiger partial charge in [-0.15, -0.1) is 5.10 Å². The van der Waals surface area contributed by atoms with Gasteiger partial charge in [-0.05, 0) is 17.8 Å². The van der Waals surface area contributed by atoms with Crippen LogP contribution in [0.15, 0.2) is 0 Å². The molecule has 0 saturated carbocycles. The molecule has 1 aromatic rings. The molecule has 0 amide bonds. The van der Waals surface area contributed by atoms with E-state index in [0.717, 1.165) is 0 Å². The molecule has 0 aliphatic carbocycles. The molecule has 0 bridgehead atoms. The lowest BCUT2D eigenvalue weighted by molar-refractivity contribution is 0.0437. The maximum absolute atomic E-state index is 11.1. The summed E-state index contributed by atoms with van der Waals surface area (Å²) in [4.78, 5) is 11.1. The van der Waals surface area contributed by atoms with Crippen molar-refractivity contribution in [2.24, 2.45) is 11.3 Å². The molecule has 1 unspecified atom stereocenters. The number of hydrogen-bond donors (Lipinski definition) is 2. The number of aliphatic hydroxyl groups is 1. The Morgan fingerprint density at radius 1 is 1.37 bits per heavy atom. The van der Waals surface area contributed by atoms with E-state index in [1.54, 1.807) is 0 Å². The second-order valence-electron chi connectivity index (χ2n) is 6.35. The summed E-state index contributed by atoms with van der Waals surface area (Å²) in [6, 6.07) is 0. The van der Waals surface area contributed by atoms with E-state index in [0.29, 0.717) is 18.0 Å². The molecule has 19 heavy (non-hydrogen) atoms. The SMILES string of the molecule is CC(C)Cc1c(C(=O)O)nnn1CC(O)C(C)(C)C. The average molecular weight is 269 g/mol. The molecule has 0 aromatic carbocycles. The topological polar surface area (TPSA) is 88.2 Å². The molecule has 0 spiro atoms. The molecule has 0 aliphatic rings. The van der Waals surface area contributed by atoms with Crippen molar-refractivity contribution in [3.63, 3.8) is 0 Å². The van der Waals surface area contributed by atoms with Gasteiger partial charge in [0.1, 0.15) is 0 Å². The van der Waals surface area contributed by atoms with Crippen LogP contribution in [-0.2, 0) is 13.0 Å². The standard InChI is InChI=1S/C13H23N3O3/c1-8(2)6-9-11(12(18)19)14-15-16(9)7-10(17)13(3,4)5/h8,10,17H,6-7H2,1-5H3,(H,18,19). The number of hydrogen-bond acceptors (Lipinski definition) is 4. The van der Waals surface area contributed by atoms with Gasteiger partial charge >= 0.3 is 5.97 Å². The Morgan fingerprint density at radius 2 is 1.95 bits per heavy atom. The minimum absolute atomic E-state index is 0.0187. The molecule has 108 valence electrons. The van der Waals surface area contributed by atoms with Crippen molar-refractivity contribution in [2.45, 2.75) is 53.7 Å². The van der Waals surface area contributed by atoms with Crippen molar-refractivity contribution in [2.75, 3.05) is 0 Å². The minimum Gasteiger partial charge on any atom is -0.476 e. The summed E-state index contributed by atoms with van der Waals surface area (Å²) in [5, 5.41) is 26.8. The fourth-order valence-corrected chi connectivity index (χ4v) is 1.67. The highest BCUT2D eigenvalue weighted by Gasteiger charge is 2.26. The molecule has 6 nitrogen and oxygen atoms in total. The highest BCUT2D eigenvalue weighted by molar-refractivity contribution is 5.86. The zero-order valence-electron chi connectivity index (χ0n) is 12.2. The van der Waals surface area contributed by atoms with Crippen LogP contribution in [0.2, 0.25) is 0 Å². The van der Waals surface area contributed by atoms with Crippen molar-refractivity contribution in [3.8, 4) is 0 Å². The number of carboxylic acid groups (broad SMARTS) is 1. The van der Waals surface area contributed by atoms with Crippen molar-refractivity contribution in [3.05, 3.63) is 11.4 Å². The van der Waals surface area contributed by atoms with E-state index in [-0.39, 0.29) is 17.7 Å². The maximum atomic E-state index is 11.1. The summed E-state index contributed by atoms with van der Waals surface area (Å²) in [7, 11) is 0. The second kappa shape index (κ2) is 5.69. The van der Waals surface area contributed by atoms with Gasteiger partial charge in [-0.25, -0.2) is 9.48 Å². The summed E-state index contributed by atoms with van der Waals surface area (Å²) in [5.74, 6) is -0.783. The summed E-state index contributed by atoms with van der Waals surface area (Å²) in [6.07, 6.45) is -0.0346. The average Bonchev–Trinajstić information content (AvgIpc) is 2.59. The van der Waals surface area contributed by atoms with Crippen LogP contribution < -0.4 is 0 Å². The van der Waals surface area contributed by atoms with E-state index in [1.807, 2.05) is 34.6 Å². The van der Waals surface area contributed by atoms with Crippen molar-refractivity contribution in [1.82, 2.24) is 15.0 Å². The first-order valence-corrected chi connectivity index (χ1v) is 6.46. The number of aromatic nitrogens is 3. The molecule has 0 aliphatic heterocycles. The van der Waals surface area contributed by atoms with Crippen LogP contribution in [0.1, 0.15) is 50.8 Å². The first-order valence-electron chi connectivity index (χ1n) is 6.46. The molecule has 1 heterocycles. The van der Waals surface area contributed by atoms with E-state index in [4.69, 9.17) is 5.11 Å². The van der Waals surface area contributed by atoms with Gasteiger partial charge in [-0.2, -0.15) is 0 Å². The molecule has 0 fully saturated rings. The van der Waals surface area contributed by atoms with E-state index in [2.05, 4.69) is 10.3 Å². The third-order valence-electron chi connectivity index (χ3n) is 2.99. The van der Waals surface area contributed by atoms with Gasteiger partial charge in [0, 0.05) is 0 Å². The Hall–Kier alpha value is -1.43. The van der Waals surface area contributed by atoms with Gasteiger partial charge < -0.3 is 10.2 Å². The van der Waals surface area contributed by atoms with Gasteiger partial charge in [0.2, 0.25) is 0 Å². The van der Waals surface area contributed by atoms with Crippen molar-refractivity contribution >= 4 is 5.97 Å². The third kappa shape index (κ3) is 4.02. The van der Waals surface area contributed by atoms with Crippen LogP contribution in [0.25, 0.3) is 0 Å². The molecule has 2 N–H and O–H groups in total. The first kappa shape index (κ1) is 15.6. The van der Waals surface area contributed by atoms with Crippen LogP contribution in [-0.4, -0.2) is 37.3 Å². The molecule has 0 saturated heterocycles. The number of aromatic carboxylic acids is 1. The molecule has 6 heteroatoms. The van der Waals surface area contributed by atoms with Gasteiger partial charge in [-0.3, -0.25) is 0 Å². The molecule has 1 atom stereocenters. The minimum atomic E-state index is -1.08. The number of nitrogens with zero attached hydrogens (tertiary/aromatic N) is 3. The van der Waals surface area contributed by atoms with Crippen LogP contribution in [0.3, 0.4) is 0 Å². The summed E-state index contributed by atoms with van der Waals surface area (Å²) in [5.41, 5.74) is 0.269. The van der Waals surface area contributed by atoms with Crippen LogP contribution >= 0.6 is 0 Å². The molecular weight excluding hydrogens is 246 g/mol. The van der Waals surface area contributed by atoms with E-state index in [9.17, 15) is 9.90 Å². The van der Waals surface area contributed by atoms with E-state index >= 15 is 0 Å². The maximum Gasteiger partial charge on any atom is 0.358 e. The lowest BCUT2D eigenvalue weighted by Gasteiger charge is -2.26. The summed E-state index contributed by atoms with van der Waals surface area (Å²) in [6.45, 7) is 10.0. The van der Waals surface area contributed by atoms with Gasteiger partial charge in [0.05, 0.1) is 18.3 Å². The normalized spacial score (nSPS) is 13.8. The number of rotatable bonds is 5. The Morgan fingerprint density at radius 3 is 2.37 bits per heavy atom. The lowest BCUT2D eigenvalue weighted by atomic mass is 9.89. The molecule has 1 rings (SSSR count). The predicted octanol–water partition coefficient (Wildman–Crippen LogP) is 1.58. The second-order valence-corrected chi connectivity index (χ2v) is 6.35. The zero-order valence-corrected chi connectivity index (χ0v) is 12.2. The number of carbonyl (C=O) groups is 1. The van der Waals surface area contributed by atoms with Gasteiger partial charge in [0.15, 0.2) is 5.69 Å². The van der Waals surface area contributed by atoms with Gasteiger partial charge in [0.25, 0.3) is 0 Å². The van der Waals surface area contributed by atoms with E-state index in [1.165, 1.54) is 4.68 Å². The Balaban J connectivity index is 3.04. The third-order valence-corrected chi connectivity index (χ3v) is 2.99. The van der Waals surface area contributed by atoms with Crippen LogP contribution in [0, 0.1) is 11.3 Å². The van der Waals surface area contributed by atoms with E-state index < -0.39 is 12.1 Å². The number of aliphatic hydroxyl groups excluding tert-OH is 1. The highest BCUT2D eigenvalue weighted by Crippen LogP contribution is 2.21. The summed E-state index contributed by atoms with van der Waals surface area (Å²) >= 11 is 0. The zero-order chi connectivity index (χ0) is 14.8. The largest absolute Gasteiger partial charge is 0.476 e. The van der Waals surface area contributed by atoms with Crippen LogP contribution in [0.4, 0.5) is 0 Å². The van der Waals surface area contributed by atoms with Crippen molar-refractivity contribution in [1.29, 1.82) is 0 Å². The molecule has 1 aromatic heterocycles. The summed E-state index contributed by atoms with van der Waals surface area (Å²) < 4.78 is 1.51. The van der Waals surface area contributed by atoms with Crippen molar-refractivity contribution < 1.29 is 15.0 Å². The molecule has 0 radical (unpaired) electrons. The number of carboxylic acids is 1. The fraction of sp³-hybridized carbons (Fsp3) is 0.769. The molecular formula is C13H23N3O3. The fourth-order valence-electron chi connectivity index (χ4n) is 1.67. The Bertz CT molecular complexity index is 446. The lowest BCUT2D eigenvalue weighted by Crippen LogP contribution is -2.31. The van der Waals surface area contributed by atoms with Crippen LogP contribution in [0.5, 0.6) is 0 Å². The highest BCUT2D eigenvalue weighted by atomic mass is 16.4.